The SMILES string of the molecule is CC(c1cccc(F)c1)n1c(COCc2ccncc2)nc2ccc(Br)cc21. The van der Waals surface area contributed by atoms with Gasteiger partial charge < -0.3 is 9.30 Å². The van der Waals surface area contributed by atoms with E-state index in [0.717, 1.165) is 32.5 Å². The highest BCUT2D eigenvalue weighted by Crippen LogP contribution is 2.29. The van der Waals surface area contributed by atoms with Gasteiger partial charge in [-0.2, -0.15) is 0 Å². The molecule has 6 heteroatoms. The minimum absolute atomic E-state index is 0.0884. The van der Waals surface area contributed by atoms with E-state index < -0.39 is 0 Å². The number of hydrogen-bond acceptors (Lipinski definition) is 3. The van der Waals surface area contributed by atoms with Crippen LogP contribution in [0.1, 0.15) is 29.9 Å². The van der Waals surface area contributed by atoms with Crippen molar-refractivity contribution in [1.29, 1.82) is 0 Å². The number of aromatic nitrogens is 3. The molecule has 0 aliphatic carbocycles. The summed E-state index contributed by atoms with van der Waals surface area (Å²) in [7, 11) is 0. The van der Waals surface area contributed by atoms with Crippen LogP contribution < -0.4 is 0 Å². The first-order valence-corrected chi connectivity index (χ1v) is 9.79. The maximum Gasteiger partial charge on any atom is 0.136 e. The third kappa shape index (κ3) is 3.98. The number of fused-ring (bicyclic) bond motifs is 1. The van der Waals surface area contributed by atoms with Crippen molar-refractivity contribution in [3.8, 4) is 0 Å². The molecule has 0 radical (unpaired) electrons. The highest BCUT2D eigenvalue weighted by Gasteiger charge is 2.18. The van der Waals surface area contributed by atoms with E-state index in [1.54, 1.807) is 24.5 Å². The highest BCUT2D eigenvalue weighted by molar-refractivity contribution is 9.10. The molecule has 0 bridgehead atoms. The van der Waals surface area contributed by atoms with Gasteiger partial charge in [0.15, 0.2) is 0 Å². The molecule has 2 aromatic carbocycles. The fourth-order valence-electron chi connectivity index (χ4n) is 3.30. The van der Waals surface area contributed by atoms with Crippen LogP contribution in [-0.2, 0) is 18.0 Å². The molecule has 4 nitrogen and oxygen atoms in total. The monoisotopic (exact) mass is 439 g/mol. The molecule has 2 heterocycles. The molecule has 1 atom stereocenters. The average Bonchev–Trinajstić information content (AvgIpc) is 3.05. The Kier molecular flexibility index (Phi) is 5.50. The topological polar surface area (TPSA) is 39.9 Å². The molecule has 0 spiro atoms. The minimum Gasteiger partial charge on any atom is -0.369 e. The van der Waals surface area contributed by atoms with Gasteiger partial charge in [-0.3, -0.25) is 4.98 Å². The van der Waals surface area contributed by atoms with Gasteiger partial charge >= 0.3 is 0 Å². The van der Waals surface area contributed by atoms with E-state index in [1.807, 2.05) is 43.3 Å². The zero-order valence-corrected chi connectivity index (χ0v) is 16.9. The van der Waals surface area contributed by atoms with Crippen LogP contribution in [0.15, 0.2) is 71.5 Å². The van der Waals surface area contributed by atoms with E-state index in [4.69, 9.17) is 9.72 Å². The molecule has 0 N–H and O–H groups in total. The number of pyridine rings is 1. The van der Waals surface area contributed by atoms with Gasteiger partial charge in [-0.1, -0.05) is 28.1 Å². The van der Waals surface area contributed by atoms with Gasteiger partial charge in [-0.25, -0.2) is 9.37 Å². The van der Waals surface area contributed by atoms with Crippen LogP contribution in [0, 0.1) is 5.82 Å². The van der Waals surface area contributed by atoms with Gasteiger partial charge in [0.2, 0.25) is 0 Å². The Labute approximate surface area is 171 Å². The molecule has 142 valence electrons. The Hall–Kier alpha value is -2.57. The summed E-state index contributed by atoms with van der Waals surface area (Å²) >= 11 is 3.54. The van der Waals surface area contributed by atoms with Crippen molar-refractivity contribution < 1.29 is 9.13 Å². The van der Waals surface area contributed by atoms with Crippen molar-refractivity contribution in [1.82, 2.24) is 14.5 Å². The van der Waals surface area contributed by atoms with Gasteiger partial charge in [0.1, 0.15) is 18.2 Å². The van der Waals surface area contributed by atoms with Crippen LogP contribution >= 0.6 is 15.9 Å². The number of halogens is 2. The third-order valence-corrected chi connectivity index (χ3v) is 5.19. The first-order valence-electron chi connectivity index (χ1n) is 9.00. The summed E-state index contributed by atoms with van der Waals surface area (Å²) < 4.78 is 22.8. The Bertz CT molecular complexity index is 1100. The molecule has 28 heavy (non-hydrogen) atoms. The van der Waals surface area contributed by atoms with E-state index in [2.05, 4.69) is 25.5 Å². The number of nitrogens with zero attached hydrogens (tertiary/aromatic N) is 3. The Morgan fingerprint density at radius 3 is 2.68 bits per heavy atom. The molecule has 0 aliphatic rings. The lowest BCUT2D eigenvalue weighted by atomic mass is 10.1. The van der Waals surface area contributed by atoms with Crippen molar-refractivity contribution >= 4 is 27.0 Å². The molecule has 0 fully saturated rings. The zero-order valence-electron chi connectivity index (χ0n) is 15.3. The third-order valence-electron chi connectivity index (χ3n) is 4.69. The first kappa shape index (κ1) is 18.8. The van der Waals surface area contributed by atoms with Crippen LogP contribution in [-0.4, -0.2) is 14.5 Å². The smallest absolute Gasteiger partial charge is 0.136 e. The zero-order chi connectivity index (χ0) is 19.5. The molecule has 0 saturated carbocycles. The summed E-state index contributed by atoms with van der Waals surface area (Å²) in [4.78, 5) is 8.78. The van der Waals surface area contributed by atoms with Crippen LogP contribution in [0.3, 0.4) is 0 Å². The van der Waals surface area contributed by atoms with E-state index >= 15 is 0 Å². The Morgan fingerprint density at radius 1 is 1.07 bits per heavy atom. The largest absolute Gasteiger partial charge is 0.369 e. The lowest BCUT2D eigenvalue weighted by Gasteiger charge is -2.18. The van der Waals surface area contributed by atoms with Crippen LogP contribution in [0.25, 0.3) is 11.0 Å². The van der Waals surface area contributed by atoms with Gasteiger partial charge in [0, 0.05) is 16.9 Å². The maximum absolute atomic E-state index is 13.8. The fraction of sp³-hybridized carbons (Fsp3) is 0.182. The minimum atomic E-state index is -0.245. The number of rotatable bonds is 6. The molecular formula is C22H19BrFN3O. The molecule has 0 amide bonds. The molecule has 0 saturated heterocycles. The van der Waals surface area contributed by atoms with E-state index in [0.29, 0.717) is 13.2 Å². The van der Waals surface area contributed by atoms with E-state index in [1.165, 1.54) is 6.07 Å². The fourth-order valence-corrected chi connectivity index (χ4v) is 3.65. The van der Waals surface area contributed by atoms with Crippen molar-refractivity contribution in [2.24, 2.45) is 0 Å². The number of hydrogen-bond donors (Lipinski definition) is 0. The summed E-state index contributed by atoms with van der Waals surface area (Å²) in [6.45, 7) is 2.88. The van der Waals surface area contributed by atoms with Crippen molar-refractivity contribution in [2.45, 2.75) is 26.2 Å². The Morgan fingerprint density at radius 2 is 1.89 bits per heavy atom. The van der Waals surface area contributed by atoms with Gasteiger partial charge in [-0.15, -0.1) is 0 Å². The molecule has 4 rings (SSSR count). The second-order valence-corrected chi connectivity index (χ2v) is 7.53. The van der Waals surface area contributed by atoms with Crippen LogP contribution in [0.4, 0.5) is 4.39 Å². The van der Waals surface area contributed by atoms with Gasteiger partial charge in [0.25, 0.3) is 0 Å². The van der Waals surface area contributed by atoms with E-state index in [9.17, 15) is 4.39 Å². The quantitative estimate of drug-likeness (QED) is 0.389. The second-order valence-electron chi connectivity index (χ2n) is 6.61. The maximum atomic E-state index is 13.8. The first-order chi connectivity index (χ1) is 13.6. The summed E-state index contributed by atoms with van der Waals surface area (Å²) in [5.41, 5.74) is 3.80. The van der Waals surface area contributed by atoms with Gasteiger partial charge in [-0.05, 0) is 60.5 Å². The molecule has 2 aromatic heterocycles. The summed E-state index contributed by atoms with van der Waals surface area (Å²) in [5.74, 6) is 0.560. The molecule has 4 aromatic rings. The molecular weight excluding hydrogens is 421 g/mol. The van der Waals surface area contributed by atoms with Gasteiger partial charge in [0.05, 0.1) is 23.7 Å². The summed E-state index contributed by atoms with van der Waals surface area (Å²) in [5, 5.41) is 0. The molecule has 1 unspecified atom stereocenters. The predicted molar refractivity (Wildman–Crippen MR) is 110 cm³/mol. The van der Waals surface area contributed by atoms with Crippen LogP contribution in [0.2, 0.25) is 0 Å². The average molecular weight is 440 g/mol. The number of benzene rings is 2. The van der Waals surface area contributed by atoms with Crippen molar-refractivity contribution in [2.75, 3.05) is 0 Å². The normalized spacial score (nSPS) is 12.4. The van der Waals surface area contributed by atoms with Crippen LogP contribution in [0.5, 0.6) is 0 Å². The van der Waals surface area contributed by atoms with Crippen molar-refractivity contribution in [3.63, 3.8) is 0 Å². The number of imidazole rings is 1. The number of ether oxygens (including phenoxy) is 1. The lowest BCUT2D eigenvalue weighted by molar-refractivity contribution is 0.0991. The predicted octanol–water partition coefficient (Wildman–Crippen LogP) is 5.66. The van der Waals surface area contributed by atoms with Crippen molar-refractivity contribution in [3.05, 3.63) is 94.2 Å². The lowest BCUT2D eigenvalue weighted by Crippen LogP contribution is -2.12. The Balaban J connectivity index is 1.68. The second kappa shape index (κ2) is 8.20. The summed E-state index contributed by atoms with van der Waals surface area (Å²) in [6, 6.07) is 16.4. The standard InChI is InChI=1S/C22H19BrFN3O/c1-15(17-3-2-4-19(24)11-17)27-21-12-18(23)5-6-20(21)26-22(27)14-28-13-16-7-9-25-10-8-16/h2-12,15H,13-14H2,1H3. The highest BCUT2D eigenvalue weighted by atomic mass is 79.9. The van der Waals surface area contributed by atoms with E-state index in [-0.39, 0.29) is 11.9 Å². The summed E-state index contributed by atoms with van der Waals surface area (Å²) in [6.07, 6.45) is 3.50. The molecule has 0 aliphatic heterocycles.